The number of nitrogens with zero attached hydrogens (tertiary/aromatic N) is 1. The van der Waals surface area contributed by atoms with Crippen molar-refractivity contribution in [1.82, 2.24) is 5.32 Å². The maximum Gasteiger partial charge on any atom is 0.329 e. The zero-order valence-corrected chi connectivity index (χ0v) is 10.9. The molecule has 1 saturated carbocycles. The summed E-state index contributed by atoms with van der Waals surface area (Å²) in [5.41, 5.74) is -1.20. The van der Waals surface area contributed by atoms with Gasteiger partial charge in [0.1, 0.15) is 5.54 Å². The highest BCUT2D eigenvalue weighted by Gasteiger charge is 2.48. The quantitative estimate of drug-likeness (QED) is 0.631. The van der Waals surface area contributed by atoms with Crippen molar-refractivity contribution in [3.63, 3.8) is 0 Å². The summed E-state index contributed by atoms with van der Waals surface area (Å²) in [6.07, 6.45) is 1.51. The number of rotatable bonds is 5. The lowest BCUT2D eigenvalue weighted by molar-refractivity contribution is -0.380. The van der Waals surface area contributed by atoms with E-state index in [0.717, 1.165) is 30.2 Å². The Morgan fingerprint density at radius 3 is 2.63 bits per heavy atom. The number of hydrogen-bond donors (Lipinski definition) is 2. The predicted octanol–water partition coefficient (Wildman–Crippen LogP) is 1.64. The molecule has 0 radical (unpaired) electrons. The molecule has 1 heterocycles. The normalized spacial score (nSPS) is 17.5. The van der Waals surface area contributed by atoms with Gasteiger partial charge in [0.25, 0.3) is 5.91 Å². The van der Waals surface area contributed by atoms with Gasteiger partial charge in [-0.25, -0.2) is 4.79 Å². The fourth-order valence-electron chi connectivity index (χ4n) is 1.84. The second-order valence-corrected chi connectivity index (χ2v) is 5.56. The molecule has 0 spiro atoms. The lowest BCUT2D eigenvalue weighted by Crippen LogP contribution is -2.53. The van der Waals surface area contributed by atoms with Crippen LogP contribution in [0, 0.1) is 16.0 Å². The summed E-state index contributed by atoms with van der Waals surface area (Å²) < 4.78 is 0. The minimum atomic E-state index is -1.31. The van der Waals surface area contributed by atoms with Gasteiger partial charge in [0.05, 0.1) is 10.5 Å². The summed E-state index contributed by atoms with van der Waals surface area (Å²) in [6.45, 7) is 1.46. The Hall–Kier alpha value is -1.96. The maximum atomic E-state index is 11.9. The van der Waals surface area contributed by atoms with E-state index in [9.17, 15) is 24.8 Å². The number of hydrogen-bond acceptors (Lipinski definition) is 5. The van der Waals surface area contributed by atoms with Crippen molar-refractivity contribution in [2.45, 2.75) is 25.3 Å². The van der Waals surface area contributed by atoms with Crippen LogP contribution in [0.5, 0.6) is 0 Å². The van der Waals surface area contributed by atoms with Crippen LogP contribution in [0.4, 0.5) is 5.00 Å². The summed E-state index contributed by atoms with van der Waals surface area (Å²) in [5.74, 6) is -1.77. The topological polar surface area (TPSA) is 110 Å². The van der Waals surface area contributed by atoms with Gasteiger partial charge in [-0.15, -0.1) is 0 Å². The third-order valence-electron chi connectivity index (χ3n) is 3.24. The van der Waals surface area contributed by atoms with Gasteiger partial charge in [0.15, 0.2) is 0 Å². The van der Waals surface area contributed by atoms with Crippen molar-refractivity contribution < 1.29 is 19.6 Å². The Morgan fingerprint density at radius 2 is 2.21 bits per heavy atom. The van der Waals surface area contributed by atoms with E-state index in [2.05, 4.69) is 5.32 Å². The third kappa shape index (κ3) is 2.58. The van der Waals surface area contributed by atoms with E-state index >= 15 is 0 Å². The fourth-order valence-corrected chi connectivity index (χ4v) is 2.54. The van der Waals surface area contributed by atoms with Crippen LogP contribution in [-0.4, -0.2) is 27.4 Å². The number of thiophene rings is 1. The highest BCUT2D eigenvalue weighted by molar-refractivity contribution is 7.13. The van der Waals surface area contributed by atoms with Gasteiger partial charge in [-0.2, -0.15) is 0 Å². The molecule has 0 aromatic carbocycles. The third-order valence-corrected chi connectivity index (χ3v) is 4.12. The van der Waals surface area contributed by atoms with Crippen LogP contribution in [0.3, 0.4) is 0 Å². The number of nitro groups is 1. The van der Waals surface area contributed by atoms with Crippen LogP contribution in [0.1, 0.15) is 30.1 Å². The molecule has 1 aliphatic carbocycles. The Balaban J connectivity index is 2.15. The maximum absolute atomic E-state index is 11.9. The molecule has 1 fully saturated rings. The fraction of sp³-hybridized carbons (Fsp3) is 0.455. The second-order valence-electron chi connectivity index (χ2n) is 4.67. The molecule has 2 rings (SSSR count). The molecule has 1 unspecified atom stereocenters. The smallest absolute Gasteiger partial charge is 0.329 e. The van der Waals surface area contributed by atoms with E-state index in [1.807, 2.05) is 0 Å². The van der Waals surface area contributed by atoms with Gasteiger partial charge in [-0.3, -0.25) is 14.9 Å². The average molecular weight is 284 g/mol. The Labute approximate surface area is 112 Å². The van der Waals surface area contributed by atoms with Crippen molar-refractivity contribution in [3.8, 4) is 0 Å². The minimum Gasteiger partial charge on any atom is -0.480 e. The van der Waals surface area contributed by atoms with E-state index in [4.69, 9.17) is 0 Å². The van der Waals surface area contributed by atoms with Crippen molar-refractivity contribution in [3.05, 3.63) is 27.1 Å². The molecule has 102 valence electrons. The lowest BCUT2D eigenvalue weighted by Gasteiger charge is -2.25. The molecule has 1 aromatic rings. The van der Waals surface area contributed by atoms with Gasteiger partial charge < -0.3 is 10.4 Å². The first-order valence-corrected chi connectivity index (χ1v) is 6.51. The van der Waals surface area contributed by atoms with Crippen LogP contribution in [0.25, 0.3) is 0 Å². The number of aliphatic carboxylic acids is 1. The first-order chi connectivity index (χ1) is 8.84. The Morgan fingerprint density at radius 1 is 1.58 bits per heavy atom. The van der Waals surface area contributed by atoms with Gasteiger partial charge >= 0.3 is 11.0 Å². The SMILES string of the molecule is CC(NC(=O)c1csc([N+](=O)[O-])c1)(C(=O)O)C1CC1. The van der Waals surface area contributed by atoms with Gasteiger partial charge in [-0.05, 0) is 25.7 Å². The lowest BCUT2D eigenvalue weighted by atomic mass is 9.95. The van der Waals surface area contributed by atoms with E-state index in [1.54, 1.807) is 0 Å². The van der Waals surface area contributed by atoms with Gasteiger partial charge in [0, 0.05) is 11.4 Å². The first kappa shape index (κ1) is 13.5. The number of carboxylic acid groups (broad SMARTS) is 1. The molecule has 8 heteroatoms. The number of carbonyl (C=O) groups is 2. The summed E-state index contributed by atoms with van der Waals surface area (Å²) in [6, 6.07) is 1.15. The van der Waals surface area contributed by atoms with Crippen LogP contribution < -0.4 is 5.32 Å². The second kappa shape index (κ2) is 4.61. The molecule has 1 amide bonds. The molecule has 1 aromatic heterocycles. The molecule has 0 aliphatic heterocycles. The summed E-state index contributed by atoms with van der Waals surface area (Å²) >= 11 is 0.837. The van der Waals surface area contributed by atoms with Crippen LogP contribution in [-0.2, 0) is 4.79 Å². The highest BCUT2D eigenvalue weighted by atomic mass is 32.1. The number of amides is 1. The van der Waals surface area contributed by atoms with E-state index < -0.39 is 22.3 Å². The monoisotopic (exact) mass is 284 g/mol. The number of carbonyl (C=O) groups excluding carboxylic acids is 1. The van der Waals surface area contributed by atoms with Crippen LogP contribution in [0.2, 0.25) is 0 Å². The molecule has 1 aliphatic rings. The molecular weight excluding hydrogens is 272 g/mol. The van der Waals surface area contributed by atoms with Crippen molar-refractivity contribution in [2.24, 2.45) is 5.92 Å². The van der Waals surface area contributed by atoms with E-state index in [0.29, 0.717) is 0 Å². The number of carboxylic acids is 1. The van der Waals surface area contributed by atoms with Crippen LogP contribution in [0.15, 0.2) is 11.4 Å². The zero-order chi connectivity index (χ0) is 14.2. The predicted molar refractivity (Wildman–Crippen MR) is 67.2 cm³/mol. The molecule has 19 heavy (non-hydrogen) atoms. The Bertz CT molecular complexity index is 551. The van der Waals surface area contributed by atoms with Gasteiger partial charge in [0.2, 0.25) is 0 Å². The van der Waals surface area contributed by atoms with E-state index in [1.165, 1.54) is 12.3 Å². The van der Waals surface area contributed by atoms with Gasteiger partial charge in [-0.1, -0.05) is 11.3 Å². The Kier molecular flexibility index (Phi) is 3.27. The molecule has 0 bridgehead atoms. The zero-order valence-electron chi connectivity index (χ0n) is 10.1. The largest absolute Gasteiger partial charge is 0.480 e. The standard InChI is InChI=1S/C11H12N2O5S/c1-11(10(15)16,7-2-3-7)12-9(14)6-4-8(13(17)18)19-5-6/h4-5,7H,2-3H2,1H3,(H,12,14)(H,15,16). The molecule has 1 atom stereocenters. The van der Waals surface area contributed by atoms with Crippen molar-refractivity contribution in [2.75, 3.05) is 0 Å². The van der Waals surface area contributed by atoms with Crippen molar-refractivity contribution >= 4 is 28.2 Å². The van der Waals surface area contributed by atoms with Crippen molar-refractivity contribution in [1.29, 1.82) is 0 Å². The molecule has 2 N–H and O–H groups in total. The first-order valence-electron chi connectivity index (χ1n) is 5.63. The van der Waals surface area contributed by atoms with E-state index in [-0.39, 0.29) is 16.5 Å². The number of nitrogens with one attached hydrogen (secondary N) is 1. The van der Waals surface area contributed by atoms with Crippen LogP contribution >= 0.6 is 11.3 Å². The molecular formula is C11H12N2O5S. The minimum absolute atomic E-state index is 0.0810. The summed E-state index contributed by atoms with van der Waals surface area (Å²) in [7, 11) is 0. The average Bonchev–Trinajstić information content (AvgIpc) is 3.06. The highest BCUT2D eigenvalue weighted by Crippen LogP contribution is 2.40. The summed E-state index contributed by atoms with van der Waals surface area (Å²) in [4.78, 5) is 33.2. The molecule has 7 nitrogen and oxygen atoms in total. The molecule has 0 saturated heterocycles. The summed E-state index contributed by atoms with van der Waals surface area (Å²) in [5, 5.41) is 23.4.